The molecule has 1 N–H and O–H groups in total. The van der Waals surface area contributed by atoms with Crippen LogP contribution in [0.4, 0.5) is 13.2 Å². The van der Waals surface area contributed by atoms with Crippen molar-refractivity contribution >= 4 is 32.5 Å². The minimum absolute atomic E-state index is 0.140. The van der Waals surface area contributed by atoms with Gasteiger partial charge in [0.05, 0.1) is 10.2 Å². The van der Waals surface area contributed by atoms with Crippen LogP contribution in [0.2, 0.25) is 0 Å². The van der Waals surface area contributed by atoms with Crippen molar-refractivity contribution in [1.29, 1.82) is 0 Å². The Morgan fingerprint density at radius 1 is 1.09 bits per heavy atom. The van der Waals surface area contributed by atoms with E-state index in [0.29, 0.717) is 5.01 Å². The average Bonchev–Trinajstić information content (AvgIpc) is 3.06. The molecule has 4 rings (SSSR count). The van der Waals surface area contributed by atoms with Crippen LogP contribution >= 0.6 is 11.3 Å². The van der Waals surface area contributed by atoms with Crippen LogP contribution in [-0.2, 0) is 0 Å². The van der Waals surface area contributed by atoms with E-state index in [4.69, 9.17) is 0 Å². The molecule has 0 aliphatic heterocycles. The van der Waals surface area contributed by atoms with Crippen molar-refractivity contribution in [3.63, 3.8) is 0 Å². The molecule has 0 amide bonds. The zero-order valence-electron chi connectivity index (χ0n) is 11.4. The van der Waals surface area contributed by atoms with Crippen molar-refractivity contribution < 1.29 is 13.2 Å². The Bertz CT molecular complexity index is 1030. The van der Waals surface area contributed by atoms with Crippen LogP contribution in [0, 0.1) is 24.4 Å². The fraction of sp³-hybridized carbons (Fsp3) is 0.0625. The number of halogens is 3. The van der Waals surface area contributed by atoms with E-state index < -0.39 is 17.5 Å². The molecule has 2 aromatic carbocycles. The number of nitrogens with zero attached hydrogens (tertiary/aromatic N) is 1. The molecule has 0 aliphatic carbocycles. The molecule has 0 unspecified atom stereocenters. The number of aromatic amines is 1. The standard InChI is InChI=1S/C16H9F3N2S/c1-7-5-8-3-2-4-9(14(8)20-7)16-21-15-11(22-16)6-10(17)12(18)13(15)19/h2-6,20H,1H3. The molecule has 0 saturated heterocycles. The summed E-state index contributed by atoms with van der Waals surface area (Å²) in [6, 6.07) is 8.64. The van der Waals surface area contributed by atoms with Crippen molar-refractivity contribution in [3.05, 3.63) is 53.5 Å². The molecule has 2 heterocycles. The van der Waals surface area contributed by atoms with Crippen LogP contribution in [0.15, 0.2) is 30.3 Å². The minimum Gasteiger partial charge on any atom is -0.358 e. The van der Waals surface area contributed by atoms with E-state index >= 15 is 0 Å². The second-order valence-corrected chi connectivity index (χ2v) is 6.10. The highest BCUT2D eigenvalue weighted by Crippen LogP contribution is 2.36. The number of nitrogens with one attached hydrogen (secondary N) is 1. The van der Waals surface area contributed by atoms with Crippen molar-refractivity contribution in [1.82, 2.24) is 9.97 Å². The van der Waals surface area contributed by atoms with Crippen molar-refractivity contribution in [2.45, 2.75) is 6.92 Å². The van der Waals surface area contributed by atoms with E-state index in [2.05, 4.69) is 9.97 Å². The molecule has 6 heteroatoms. The number of fused-ring (bicyclic) bond motifs is 2. The van der Waals surface area contributed by atoms with E-state index in [1.165, 1.54) is 0 Å². The van der Waals surface area contributed by atoms with Gasteiger partial charge in [-0.05, 0) is 25.1 Å². The van der Waals surface area contributed by atoms with Gasteiger partial charge in [0.2, 0.25) is 0 Å². The first-order valence-corrected chi connectivity index (χ1v) is 7.39. The molecule has 4 aromatic rings. The third-order valence-electron chi connectivity index (χ3n) is 3.54. The lowest BCUT2D eigenvalue weighted by molar-refractivity contribution is 0.453. The third kappa shape index (κ3) is 1.84. The van der Waals surface area contributed by atoms with Gasteiger partial charge in [0, 0.05) is 16.6 Å². The van der Waals surface area contributed by atoms with Gasteiger partial charge >= 0.3 is 0 Å². The van der Waals surface area contributed by atoms with Crippen molar-refractivity contribution in [3.8, 4) is 10.6 Å². The Labute approximate surface area is 127 Å². The van der Waals surface area contributed by atoms with Gasteiger partial charge in [-0.3, -0.25) is 0 Å². The Morgan fingerprint density at radius 3 is 2.73 bits per heavy atom. The molecule has 0 bridgehead atoms. The lowest BCUT2D eigenvalue weighted by Crippen LogP contribution is -1.90. The number of benzene rings is 2. The average molecular weight is 318 g/mol. The van der Waals surface area contributed by atoms with Gasteiger partial charge in [-0.2, -0.15) is 0 Å². The fourth-order valence-electron chi connectivity index (χ4n) is 2.56. The maximum atomic E-state index is 13.8. The van der Waals surface area contributed by atoms with E-state index in [0.717, 1.165) is 39.6 Å². The van der Waals surface area contributed by atoms with Crippen LogP contribution in [0.25, 0.3) is 31.7 Å². The lowest BCUT2D eigenvalue weighted by atomic mass is 10.1. The van der Waals surface area contributed by atoms with Crippen LogP contribution in [-0.4, -0.2) is 9.97 Å². The van der Waals surface area contributed by atoms with Crippen molar-refractivity contribution in [2.24, 2.45) is 0 Å². The number of aryl methyl sites for hydroxylation is 1. The lowest BCUT2D eigenvalue weighted by Gasteiger charge is -1.98. The topological polar surface area (TPSA) is 28.7 Å². The zero-order valence-corrected chi connectivity index (χ0v) is 12.2. The van der Waals surface area contributed by atoms with Gasteiger partial charge < -0.3 is 4.98 Å². The van der Waals surface area contributed by atoms with E-state index in [1.807, 2.05) is 31.2 Å². The number of aromatic nitrogens is 2. The predicted molar refractivity (Wildman–Crippen MR) is 81.5 cm³/mol. The second-order valence-electron chi connectivity index (χ2n) is 5.07. The highest BCUT2D eigenvalue weighted by molar-refractivity contribution is 7.21. The first-order chi connectivity index (χ1) is 10.5. The number of hydrogen-bond donors (Lipinski definition) is 1. The summed E-state index contributed by atoms with van der Waals surface area (Å²) < 4.78 is 40.8. The van der Waals surface area contributed by atoms with E-state index in [1.54, 1.807) is 0 Å². The Hall–Kier alpha value is -2.34. The summed E-state index contributed by atoms with van der Waals surface area (Å²) in [6.07, 6.45) is 0. The summed E-state index contributed by atoms with van der Waals surface area (Å²) in [5, 5.41) is 1.53. The van der Waals surface area contributed by atoms with Gasteiger partial charge in [0.1, 0.15) is 10.5 Å². The molecule has 0 radical (unpaired) electrons. The third-order valence-corrected chi connectivity index (χ3v) is 4.58. The van der Waals surface area contributed by atoms with Crippen LogP contribution in [0.1, 0.15) is 5.69 Å². The van der Waals surface area contributed by atoms with Crippen LogP contribution in [0.3, 0.4) is 0 Å². The molecule has 0 saturated carbocycles. The number of rotatable bonds is 1. The van der Waals surface area contributed by atoms with Crippen LogP contribution < -0.4 is 0 Å². The normalized spacial score (nSPS) is 11.6. The van der Waals surface area contributed by atoms with Gasteiger partial charge in [-0.1, -0.05) is 12.1 Å². The number of para-hydroxylation sites is 1. The molecular formula is C16H9F3N2S. The maximum Gasteiger partial charge on any atom is 0.196 e. The minimum atomic E-state index is -1.49. The molecule has 2 nitrogen and oxygen atoms in total. The van der Waals surface area contributed by atoms with Gasteiger partial charge in [0.25, 0.3) is 0 Å². The largest absolute Gasteiger partial charge is 0.358 e. The maximum absolute atomic E-state index is 13.8. The molecule has 110 valence electrons. The van der Waals surface area contributed by atoms with Gasteiger partial charge in [0.15, 0.2) is 17.5 Å². The molecular weight excluding hydrogens is 309 g/mol. The Balaban J connectivity index is 2.03. The second kappa shape index (κ2) is 4.58. The summed E-state index contributed by atoms with van der Waals surface area (Å²) in [6.45, 7) is 1.94. The summed E-state index contributed by atoms with van der Waals surface area (Å²) in [5.74, 6) is -3.93. The van der Waals surface area contributed by atoms with E-state index in [9.17, 15) is 13.2 Å². The Morgan fingerprint density at radius 2 is 1.91 bits per heavy atom. The zero-order chi connectivity index (χ0) is 15.4. The predicted octanol–water partition coefficient (Wildman–Crippen LogP) is 5.17. The SMILES string of the molecule is Cc1cc2cccc(-c3nc4c(F)c(F)c(F)cc4s3)c2[nH]1. The van der Waals surface area contributed by atoms with E-state index in [-0.39, 0.29) is 10.2 Å². The first-order valence-electron chi connectivity index (χ1n) is 6.57. The quantitative estimate of drug-likeness (QED) is 0.482. The molecule has 22 heavy (non-hydrogen) atoms. The number of thiazole rings is 1. The van der Waals surface area contributed by atoms with Gasteiger partial charge in [-0.25, -0.2) is 18.2 Å². The first kappa shape index (κ1) is 13.3. The molecule has 0 atom stereocenters. The smallest absolute Gasteiger partial charge is 0.196 e. The monoisotopic (exact) mass is 318 g/mol. The summed E-state index contributed by atoms with van der Waals surface area (Å²) in [5.41, 5.74) is 2.51. The van der Waals surface area contributed by atoms with Crippen molar-refractivity contribution in [2.75, 3.05) is 0 Å². The fourth-order valence-corrected chi connectivity index (χ4v) is 3.58. The number of H-pyrrole nitrogens is 1. The molecule has 0 spiro atoms. The molecule has 2 aromatic heterocycles. The number of hydrogen-bond acceptors (Lipinski definition) is 2. The van der Waals surface area contributed by atoms with Crippen LogP contribution in [0.5, 0.6) is 0 Å². The molecule has 0 aliphatic rings. The summed E-state index contributed by atoms with van der Waals surface area (Å²) in [4.78, 5) is 7.39. The highest BCUT2D eigenvalue weighted by Gasteiger charge is 2.19. The summed E-state index contributed by atoms with van der Waals surface area (Å²) >= 11 is 1.13. The molecule has 0 fully saturated rings. The highest BCUT2D eigenvalue weighted by atomic mass is 32.1. The van der Waals surface area contributed by atoms with Gasteiger partial charge in [-0.15, -0.1) is 11.3 Å². The Kier molecular flexibility index (Phi) is 2.77. The summed E-state index contributed by atoms with van der Waals surface area (Å²) in [7, 11) is 0.